The van der Waals surface area contributed by atoms with Gasteiger partial charge in [-0.1, -0.05) is 22.0 Å². The predicted molar refractivity (Wildman–Crippen MR) is 70.7 cm³/mol. The van der Waals surface area contributed by atoms with Crippen LogP contribution in [0.4, 0.5) is 8.78 Å². The maximum atomic E-state index is 13.4. The summed E-state index contributed by atoms with van der Waals surface area (Å²) in [6.07, 6.45) is 0.118. The number of hydrogen-bond acceptors (Lipinski definition) is 1. The second kappa shape index (κ2) is 5.78. The Bertz CT molecular complexity index is 423. The Morgan fingerprint density at radius 3 is 2.33 bits per heavy atom. The topological polar surface area (TPSA) is 29.1 Å². The smallest absolute Gasteiger partial charge is 0.236 e. The third kappa shape index (κ3) is 4.05. The van der Waals surface area contributed by atoms with Crippen LogP contribution in [0.5, 0.6) is 0 Å². The number of hydrogen-bond donors (Lipinski definition) is 1. The van der Waals surface area contributed by atoms with Crippen LogP contribution in [0.25, 0.3) is 0 Å². The van der Waals surface area contributed by atoms with Gasteiger partial charge in [-0.05, 0) is 39.3 Å². The molecule has 0 bridgehead atoms. The number of amides is 1. The number of benzene rings is 1. The van der Waals surface area contributed by atoms with Crippen LogP contribution in [0.3, 0.4) is 0 Å². The molecule has 1 rings (SSSR count). The van der Waals surface area contributed by atoms with E-state index < -0.39 is 16.0 Å². The Morgan fingerprint density at radius 2 is 1.89 bits per heavy atom. The first-order valence-corrected chi connectivity index (χ1v) is 6.44. The molecule has 0 radical (unpaired) electrons. The van der Waals surface area contributed by atoms with Gasteiger partial charge in [0.2, 0.25) is 5.91 Å². The highest BCUT2D eigenvalue weighted by molar-refractivity contribution is 9.10. The summed E-state index contributed by atoms with van der Waals surface area (Å²) in [6.45, 7) is 5.12. The van der Waals surface area contributed by atoms with E-state index in [1.54, 1.807) is 20.8 Å². The largest absolute Gasteiger partial charge is 0.352 e. The zero-order valence-electron chi connectivity index (χ0n) is 10.6. The molecule has 0 aliphatic carbocycles. The summed E-state index contributed by atoms with van der Waals surface area (Å²) in [7, 11) is 0. The fraction of sp³-hybridized carbons (Fsp3) is 0.462. The maximum absolute atomic E-state index is 13.4. The molecule has 5 heteroatoms. The van der Waals surface area contributed by atoms with E-state index in [2.05, 4.69) is 21.2 Å². The van der Waals surface area contributed by atoms with Crippen molar-refractivity contribution in [3.8, 4) is 0 Å². The van der Waals surface area contributed by atoms with E-state index in [0.29, 0.717) is 0 Å². The van der Waals surface area contributed by atoms with Gasteiger partial charge in [0, 0.05) is 11.6 Å². The molecular formula is C13H16BrF2NO. The van der Waals surface area contributed by atoms with E-state index in [1.165, 1.54) is 18.2 Å². The average molecular weight is 320 g/mol. The molecule has 0 saturated heterocycles. The minimum atomic E-state index is -0.699. The lowest BCUT2D eigenvalue weighted by atomic mass is 10.0. The van der Waals surface area contributed by atoms with Crippen molar-refractivity contribution in [1.29, 1.82) is 0 Å². The Hall–Kier alpha value is -0.970. The molecule has 18 heavy (non-hydrogen) atoms. The van der Waals surface area contributed by atoms with Crippen LogP contribution in [-0.2, 0) is 11.2 Å². The van der Waals surface area contributed by atoms with E-state index in [4.69, 9.17) is 0 Å². The molecule has 1 unspecified atom stereocenters. The number of carbonyl (C=O) groups excluding carboxylic acids is 1. The highest BCUT2D eigenvalue weighted by Gasteiger charge is 2.25. The van der Waals surface area contributed by atoms with E-state index in [1.807, 2.05) is 0 Å². The van der Waals surface area contributed by atoms with Gasteiger partial charge in [-0.2, -0.15) is 0 Å². The van der Waals surface area contributed by atoms with Crippen molar-refractivity contribution in [2.24, 2.45) is 0 Å². The van der Waals surface area contributed by atoms with Crippen LogP contribution in [0, 0.1) is 11.6 Å². The Morgan fingerprint density at radius 1 is 1.39 bits per heavy atom. The zero-order chi connectivity index (χ0) is 13.9. The minimum Gasteiger partial charge on any atom is -0.352 e. The number of nitrogens with one attached hydrogen (secondary N) is 1. The lowest BCUT2D eigenvalue weighted by Gasteiger charge is -2.20. The highest BCUT2D eigenvalue weighted by Crippen LogP contribution is 2.17. The molecule has 0 heterocycles. The fourth-order valence-corrected chi connectivity index (χ4v) is 1.59. The van der Waals surface area contributed by atoms with Gasteiger partial charge in [-0.15, -0.1) is 0 Å². The lowest BCUT2D eigenvalue weighted by Crippen LogP contribution is -2.43. The maximum Gasteiger partial charge on any atom is 0.236 e. The van der Waals surface area contributed by atoms with Crippen molar-refractivity contribution >= 4 is 21.8 Å². The quantitative estimate of drug-likeness (QED) is 0.848. The summed E-state index contributed by atoms with van der Waals surface area (Å²) in [5.41, 5.74) is -0.00215. The molecule has 0 fully saturated rings. The monoisotopic (exact) mass is 319 g/mol. The normalized spacial score (nSPS) is 13.2. The molecule has 100 valence electrons. The van der Waals surface area contributed by atoms with Crippen LogP contribution >= 0.6 is 15.9 Å². The summed E-state index contributed by atoms with van der Waals surface area (Å²) in [5, 5.41) is 2.70. The number of rotatable bonds is 4. The van der Waals surface area contributed by atoms with Gasteiger partial charge in [0.1, 0.15) is 11.6 Å². The first-order valence-electron chi connectivity index (χ1n) is 5.64. The Labute approximate surface area is 114 Å². The van der Waals surface area contributed by atoms with Crippen LogP contribution in [-0.4, -0.2) is 16.3 Å². The van der Waals surface area contributed by atoms with E-state index in [9.17, 15) is 13.6 Å². The van der Waals surface area contributed by atoms with Crippen molar-refractivity contribution in [1.82, 2.24) is 5.32 Å². The van der Waals surface area contributed by atoms with E-state index in [0.717, 1.165) is 0 Å². The van der Waals surface area contributed by atoms with E-state index in [-0.39, 0.29) is 23.9 Å². The zero-order valence-corrected chi connectivity index (χ0v) is 12.1. The van der Waals surface area contributed by atoms with Gasteiger partial charge in [-0.25, -0.2) is 8.78 Å². The van der Waals surface area contributed by atoms with Gasteiger partial charge >= 0.3 is 0 Å². The van der Waals surface area contributed by atoms with Gasteiger partial charge in [-0.3, -0.25) is 4.79 Å². The standard InChI is InChI=1S/C13H16BrF2NO/c1-8(17-12(18)13(2,3)14)7-9-10(15)5-4-6-11(9)16/h4-6,8H,7H2,1-3H3,(H,17,18). The van der Waals surface area contributed by atoms with Gasteiger partial charge in [0.05, 0.1) is 4.32 Å². The molecule has 0 aliphatic rings. The first-order chi connectivity index (χ1) is 8.21. The number of halogens is 3. The van der Waals surface area contributed by atoms with Crippen LogP contribution in [0.15, 0.2) is 18.2 Å². The van der Waals surface area contributed by atoms with Crippen LogP contribution in [0.2, 0.25) is 0 Å². The molecule has 1 amide bonds. The first kappa shape index (κ1) is 15.1. The minimum absolute atomic E-state index is 0.00215. The molecular weight excluding hydrogens is 304 g/mol. The van der Waals surface area contributed by atoms with Crippen molar-refractivity contribution in [3.63, 3.8) is 0 Å². The Kier molecular flexibility index (Phi) is 4.85. The summed E-state index contributed by atoms with van der Waals surface area (Å²) < 4.78 is 26.1. The molecule has 1 aromatic rings. The molecule has 0 spiro atoms. The van der Waals surface area contributed by atoms with Gasteiger partial charge < -0.3 is 5.32 Å². The van der Waals surface area contributed by atoms with Crippen molar-refractivity contribution in [2.75, 3.05) is 0 Å². The summed E-state index contributed by atoms with van der Waals surface area (Å²) in [6, 6.07) is 3.39. The van der Waals surface area contributed by atoms with E-state index >= 15 is 0 Å². The number of alkyl halides is 1. The van der Waals surface area contributed by atoms with Crippen molar-refractivity contribution in [2.45, 2.75) is 37.6 Å². The fourth-order valence-electron chi connectivity index (χ4n) is 1.48. The third-order valence-electron chi connectivity index (χ3n) is 2.49. The molecule has 0 aliphatic heterocycles. The summed E-state index contributed by atoms with van der Waals surface area (Å²) in [4.78, 5) is 11.7. The Balaban J connectivity index is 2.71. The van der Waals surface area contributed by atoms with Crippen molar-refractivity contribution < 1.29 is 13.6 Å². The molecule has 1 N–H and O–H groups in total. The summed E-state index contributed by atoms with van der Waals surface area (Å²) in [5.74, 6) is -1.39. The van der Waals surface area contributed by atoms with Crippen LogP contribution in [0.1, 0.15) is 26.3 Å². The number of carbonyl (C=O) groups is 1. The van der Waals surface area contributed by atoms with Gasteiger partial charge in [0.15, 0.2) is 0 Å². The molecule has 0 saturated carbocycles. The average Bonchev–Trinajstić information content (AvgIpc) is 2.22. The lowest BCUT2D eigenvalue weighted by molar-refractivity contribution is -0.123. The highest BCUT2D eigenvalue weighted by atomic mass is 79.9. The molecule has 2 nitrogen and oxygen atoms in total. The van der Waals surface area contributed by atoms with Gasteiger partial charge in [0.25, 0.3) is 0 Å². The van der Waals surface area contributed by atoms with Crippen molar-refractivity contribution in [3.05, 3.63) is 35.4 Å². The third-order valence-corrected chi connectivity index (χ3v) is 2.85. The molecule has 1 atom stereocenters. The van der Waals surface area contributed by atoms with Crippen LogP contribution < -0.4 is 5.32 Å². The summed E-state index contributed by atoms with van der Waals surface area (Å²) >= 11 is 3.23. The second-order valence-electron chi connectivity index (χ2n) is 4.75. The molecule has 1 aromatic carbocycles. The molecule has 0 aromatic heterocycles. The SMILES string of the molecule is CC(Cc1c(F)cccc1F)NC(=O)C(C)(C)Br. The predicted octanol–water partition coefficient (Wildman–Crippen LogP) is 3.19. The second-order valence-corrected chi connectivity index (χ2v) is 6.73.